The van der Waals surface area contributed by atoms with Gasteiger partial charge in [-0.05, 0) is 12.5 Å². The molecule has 3 heteroatoms. The molecule has 0 fully saturated rings. The largest absolute Gasteiger partial charge is 0.359 e. The molecule has 0 saturated heterocycles. The van der Waals surface area contributed by atoms with E-state index in [0.29, 0.717) is 6.42 Å². The van der Waals surface area contributed by atoms with Gasteiger partial charge in [0.25, 0.3) is 0 Å². The molecule has 0 amide bonds. The molecular weight excluding hydrogens is 226 g/mol. The lowest BCUT2D eigenvalue weighted by Crippen LogP contribution is -2.43. The summed E-state index contributed by atoms with van der Waals surface area (Å²) in [6, 6.07) is 11.6. The maximum Gasteiger partial charge on any atom is 0.184 e. The Morgan fingerprint density at radius 3 is 2.28 bits per heavy atom. The van der Waals surface area contributed by atoms with Crippen LogP contribution in [0.2, 0.25) is 0 Å². The SMILES string of the molecule is COC(C#N)(c1ccccc1)C(C)(C)CC(C)=O. The normalized spacial score (nSPS) is 14.6. The van der Waals surface area contributed by atoms with Gasteiger partial charge in [0.2, 0.25) is 0 Å². The highest BCUT2D eigenvalue weighted by molar-refractivity contribution is 5.76. The van der Waals surface area contributed by atoms with Crippen molar-refractivity contribution in [2.24, 2.45) is 5.41 Å². The number of nitriles is 1. The van der Waals surface area contributed by atoms with Gasteiger partial charge in [0.1, 0.15) is 11.9 Å². The molecular formula is C15H19NO2. The maximum absolute atomic E-state index is 11.4. The van der Waals surface area contributed by atoms with Crippen LogP contribution in [0, 0.1) is 16.7 Å². The van der Waals surface area contributed by atoms with Crippen LogP contribution in [-0.2, 0) is 15.1 Å². The zero-order valence-electron chi connectivity index (χ0n) is 11.4. The van der Waals surface area contributed by atoms with Gasteiger partial charge >= 0.3 is 0 Å². The highest BCUT2D eigenvalue weighted by Gasteiger charge is 2.48. The number of carbonyl (C=O) groups is 1. The monoisotopic (exact) mass is 245 g/mol. The van der Waals surface area contributed by atoms with Crippen molar-refractivity contribution in [3.05, 3.63) is 35.9 Å². The Morgan fingerprint density at radius 2 is 1.89 bits per heavy atom. The molecule has 0 radical (unpaired) electrons. The first-order chi connectivity index (χ1) is 8.39. The van der Waals surface area contributed by atoms with E-state index in [0.717, 1.165) is 5.56 Å². The van der Waals surface area contributed by atoms with Crippen molar-refractivity contribution >= 4 is 5.78 Å². The van der Waals surface area contributed by atoms with E-state index in [9.17, 15) is 10.1 Å². The summed E-state index contributed by atoms with van der Waals surface area (Å²) in [6.07, 6.45) is 0.295. The number of carbonyl (C=O) groups excluding carboxylic acids is 1. The van der Waals surface area contributed by atoms with Crippen LogP contribution < -0.4 is 0 Å². The Bertz CT molecular complexity index is 459. The smallest absolute Gasteiger partial charge is 0.184 e. The Morgan fingerprint density at radius 1 is 1.33 bits per heavy atom. The lowest BCUT2D eigenvalue weighted by molar-refractivity contribution is -0.125. The summed E-state index contributed by atoms with van der Waals surface area (Å²) in [6.45, 7) is 5.30. The molecule has 96 valence electrons. The molecule has 3 nitrogen and oxygen atoms in total. The Balaban J connectivity index is 3.33. The van der Waals surface area contributed by atoms with Crippen molar-refractivity contribution in [1.29, 1.82) is 5.26 Å². The highest BCUT2D eigenvalue weighted by atomic mass is 16.5. The van der Waals surface area contributed by atoms with Gasteiger partial charge in [-0.3, -0.25) is 0 Å². The van der Waals surface area contributed by atoms with Gasteiger partial charge in [-0.15, -0.1) is 0 Å². The van der Waals surface area contributed by atoms with Crippen molar-refractivity contribution in [3.63, 3.8) is 0 Å². The molecule has 1 aromatic carbocycles. The second-order valence-electron chi connectivity index (χ2n) is 5.13. The molecule has 0 N–H and O–H groups in total. The Hall–Kier alpha value is -1.66. The van der Waals surface area contributed by atoms with Crippen LogP contribution in [0.15, 0.2) is 30.3 Å². The molecule has 1 aromatic rings. The molecule has 0 aliphatic rings. The van der Waals surface area contributed by atoms with Crippen LogP contribution >= 0.6 is 0 Å². The van der Waals surface area contributed by atoms with Crippen molar-refractivity contribution in [3.8, 4) is 6.07 Å². The molecule has 0 bridgehead atoms. The van der Waals surface area contributed by atoms with Gasteiger partial charge < -0.3 is 9.53 Å². The molecule has 0 aliphatic carbocycles. The third kappa shape index (κ3) is 2.44. The quantitative estimate of drug-likeness (QED) is 0.801. The van der Waals surface area contributed by atoms with Crippen molar-refractivity contribution < 1.29 is 9.53 Å². The number of Topliss-reactive ketones (excluding diaryl/α,β-unsaturated/α-hetero) is 1. The first-order valence-electron chi connectivity index (χ1n) is 5.91. The van der Waals surface area contributed by atoms with E-state index in [1.165, 1.54) is 14.0 Å². The second-order valence-corrected chi connectivity index (χ2v) is 5.13. The number of benzene rings is 1. The minimum Gasteiger partial charge on any atom is -0.359 e. The summed E-state index contributed by atoms with van der Waals surface area (Å²) < 4.78 is 5.53. The minimum atomic E-state index is -1.11. The summed E-state index contributed by atoms with van der Waals surface area (Å²) >= 11 is 0. The summed E-state index contributed by atoms with van der Waals surface area (Å²) in [7, 11) is 1.51. The lowest BCUT2D eigenvalue weighted by atomic mass is 9.69. The van der Waals surface area contributed by atoms with Crippen LogP contribution in [-0.4, -0.2) is 12.9 Å². The third-order valence-corrected chi connectivity index (χ3v) is 3.29. The van der Waals surface area contributed by atoms with Gasteiger partial charge in [0.05, 0.1) is 0 Å². The van der Waals surface area contributed by atoms with Gasteiger partial charge in [-0.1, -0.05) is 44.2 Å². The van der Waals surface area contributed by atoms with Crippen LogP contribution in [0.1, 0.15) is 32.8 Å². The number of rotatable bonds is 5. The molecule has 0 saturated carbocycles. The fraction of sp³-hybridized carbons (Fsp3) is 0.467. The predicted molar refractivity (Wildman–Crippen MR) is 69.8 cm³/mol. The van der Waals surface area contributed by atoms with E-state index >= 15 is 0 Å². The van der Waals surface area contributed by atoms with E-state index < -0.39 is 11.0 Å². The zero-order chi connectivity index (χ0) is 13.8. The van der Waals surface area contributed by atoms with Crippen LogP contribution in [0.25, 0.3) is 0 Å². The fourth-order valence-electron chi connectivity index (χ4n) is 2.47. The van der Waals surface area contributed by atoms with E-state index in [1.807, 2.05) is 44.2 Å². The second kappa shape index (κ2) is 5.32. The topological polar surface area (TPSA) is 50.1 Å². The first-order valence-corrected chi connectivity index (χ1v) is 5.91. The molecule has 1 rings (SSSR count). The summed E-state index contributed by atoms with van der Waals surface area (Å²) in [5.74, 6) is 0.0487. The van der Waals surface area contributed by atoms with E-state index in [4.69, 9.17) is 4.74 Å². The lowest BCUT2D eigenvalue weighted by Gasteiger charge is -2.40. The van der Waals surface area contributed by atoms with Crippen LogP contribution in [0.4, 0.5) is 0 Å². The first kappa shape index (κ1) is 14.4. The number of nitrogens with zero attached hydrogens (tertiary/aromatic N) is 1. The average molecular weight is 245 g/mol. The van der Waals surface area contributed by atoms with Gasteiger partial charge in [0.15, 0.2) is 5.60 Å². The average Bonchev–Trinajstić information content (AvgIpc) is 2.30. The van der Waals surface area contributed by atoms with Crippen molar-refractivity contribution in [2.45, 2.75) is 32.8 Å². The number of hydrogen-bond donors (Lipinski definition) is 0. The number of ketones is 1. The fourth-order valence-corrected chi connectivity index (χ4v) is 2.47. The highest BCUT2D eigenvalue weighted by Crippen LogP contribution is 2.44. The molecule has 1 unspecified atom stereocenters. The Labute approximate surface area is 108 Å². The van der Waals surface area contributed by atoms with Crippen LogP contribution in [0.3, 0.4) is 0 Å². The van der Waals surface area contributed by atoms with Crippen molar-refractivity contribution in [1.82, 2.24) is 0 Å². The third-order valence-electron chi connectivity index (χ3n) is 3.29. The number of hydrogen-bond acceptors (Lipinski definition) is 3. The zero-order valence-corrected chi connectivity index (χ0v) is 11.4. The van der Waals surface area contributed by atoms with E-state index in [2.05, 4.69) is 6.07 Å². The van der Waals surface area contributed by atoms with Gasteiger partial charge in [-0.2, -0.15) is 5.26 Å². The maximum atomic E-state index is 11.4. The van der Waals surface area contributed by atoms with Crippen LogP contribution in [0.5, 0.6) is 0 Å². The standard InChI is InChI=1S/C15H19NO2/c1-12(17)10-14(2,3)15(11-16,18-4)13-8-6-5-7-9-13/h5-9H,10H2,1-4H3. The molecule has 0 heterocycles. The van der Waals surface area contributed by atoms with Crippen molar-refractivity contribution in [2.75, 3.05) is 7.11 Å². The summed E-state index contributed by atoms with van der Waals surface area (Å²) in [5.41, 5.74) is -0.926. The van der Waals surface area contributed by atoms with E-state index in [-0.39, 0.29) is 5.78 Å². The van der Waals surface area contributed by atoms with E-state index in [1.54, 1.807) is 0 Å². The predicted octanol–water partition coefficient (Wildman–Crippen LogP) is 3.06. The number of ether oxygens (including phenoxy) is 1. The van der Waals surface area contributed by atoms with Gasteiger partial charge in [-0.25, -0.2) is 0 Å². The molecule has 0 aliphatic heterocycles. The molecule has 0 spiro atoms. The molecule has 18 heavy (non-hydrogen) atoms. The molecule has 1 atom stereocenters. The minimum absolute atomic E-state index is 0.0487. The summed E-state index contributed by atoms with van der Waals surface area (Å²) in [4.78, 5) is 11.4. The number of methoxy groups -OCH3 is 1. The van der Waals surface area contributed by atoms with Gasteiger partial charge in [0, 0.05) is 18.9 Å². The molecule has 0 aromatic heterocycles. The summed E-state index contributed by atoms with van der Waals surface area (Å²) in [5, 5.41) is 9.59. The Kier molecular flexibility index (Phi) is 4.26.